The highest BCUT2D eigenvalue weighted by molar-refractivity contribution is 6.04. The number of hydrogen-bond acceptors (Lipinski definition) is 4. The molecular formula is C14H14N4O. The highest BCUT2D eigenvalue weighted by atomic mass is 16.1. The lowest BCUT2D eigenvalue weighted by Gasteiger charge is -2.06. The predicted octanol–water partition coefficient (Wildman–Crippen LogP) is 2.30. The fraction of sp³-hybridized carbons (Fsp3) is 0.214. The van der Waals surface area contributed by atoms with Crippen LogP contribution in [0.5, 0.6) is 0 Å². The zero-order valence-electron chi connectivity index (χ0n) is 10.3. The number of carbonyl (C=O) groups is 1. The molecule has 2 N–H and O–H groups in total. The first-order chi connectivity index (χ1) is 9.31. The van der Waals surface area contributed by atoms with Crippen molar-refractivity contribution in [1.82, 2.24) is 9.97 Å². The number of anilines is 2. The minimum atomic E-state index is -0.160. The first-order valence-electron chi connectivity index (χ1n) is 6.25. The van der Waals surface area contributed by atoms with E-state index in [9.17, 15) is 4.79 Å². The van der Waals surface area contributed by atoms with Gasteiger partial charge in [-0.2, -0.15) is 0 Å². The number of amides is 1. The van der Waals surface area contributed by atoms with Gasteiger partial charge in [0.05, 0.1) is 11.9 Å². The van der Waals surface area contributed by atoms with E-state index in [1.165, 1.54) is 12.8 Å². The van der Waals surface area contributed by atoms with Crippen molar-refractivity contribution in [3.63, 3.8) is 0 Å². The van der Waals surface area contributed by atoms with Gasteiger partial charge >= 0.3 is 0 Å². The molecule has 1 aliphatic carbocycles. The molecule has 96 valence electrons. The summed E-state index contributed by atoms with van der Waals surface area (Å²) in [6, 6.07) is 7.64. The van der Waals surface area contributed by atoms with Gasteiger partial charge in [0.15, 0.2) is 0 Å². The van der Waals surface area contributed by atoms with E-state index in [1.807, 2.05) is 12.1 Å². The van der Waals surface area contributed by atoms with Crippen LogP contribution in [0.25, 0.3) is 0 Å². The minimum absolute atomic E-state index is 0.160. The second kappa shape index (κ2) is 5.06. The van der Waals surface area contributed by atoms with Crippen LogP contribution in [0.2, 0.25) is 0 Å². The van der Waals surface area contributed by atoms with E-state index >= 15 is 0 Å². The molecule has 0 aromatic carbocycles. The lowest BCUT2D eigenvalue weighted by atomic mass is 10.2. The second-order valence-electron chi connectivity index (χ2n) is 4.54. The Hall–Kier alpha value is -2.43. The molecule has 0 aliphatic heterocycles. The third-order valence-corrected chi connectivity index (χ3v) is 2.89. The summed E-state index contributed by atoms with van der Waals surface area (Å²) >= 11 is 0. The Balaban J connectivity index is 1.64. The van der Waals surface area contributed by atoms with Gasteiger partial charge < -0.3 is 10.6 Å². The van der Waals surface area contributed by atoms with Crippen molar-refractivity contribution in [3.8, 4) is 0 Å². The van der Waals surface area contributed by atoms with E-state index in [4.69, 9.17) is 0 Å². The van der Waals surface area contributed by atoms with Crippen LogP contribution in [0.15, 0.2) is 42.9 Å². The van der Waals surface area contributed by atoms with Crippen LogP contribution < -0.4 is 10.6 Å². The van der Waals surface area contributed by atoms with Crippen molar-refractivity contribution in [2.45, 2.75) is 18.9 Å². The Morgan fingerprint density at radius 3 is 2.58 bits per heavy atom. The fourth-order valence-corrected chi connectivity index (χ4v) is 1.70. The lowest BCUT2D eigenvalue weighted by Crippen LogP contribution is -2.12. The van der Waals surface area contributed by atoms with Crippen LogP contribution in [-0.2, 0) is 0 Å². The summed E-state index contributed by atoms with van der Waals surface area (Å²) < 4.78 is 0. The molecule has 0 bridgehead atoms. The molecule has 3 rings (SSSR count). The van der Waals surface area contributed by atoms with Crippen LogP contribution in [0.3, 0.4) is 0 Å². The van der Waals surface area contributed by atoms with E-state index in [-0.39, 0.29) is 5.91 Å². The topological polar surface area (TPSA) is 66.9 Å². The standard InChI is InChI=1S/C14H14N4O/c19-14(10-5-7-15-8-6-10)18-12-3-4-13(16-9-12)17-11-1-2-11/h3-9,11H,1-2H2,(H,16,17)(H,18,19). The molecule has 0 spiro atoms. The normalized spacial score (nSPS) is 13.9. The molecule has 0 atom stereocenters. The van der Waals surface area contributed by atoms with Gasteiger partial charge in [-0.05, 0) is 37.1 Å². The summed E-state index contributed by atoms with van der Waals surface area (Å²) in [4.78, 5) is 20.1. The van der Waals surface area contributed by atoms with Crippen LogP contribution in [0.4, 0.5) is 11.5 Å². The summed E-state index contributed by atoms with van der Waals surface area (Å²) in [5, 5.41) is 6.09. The van der Waals surface area contributed by atoms with Crippen LogP contribution in [-0.4, -0.2) is 21.9 Å². The Labute approximate surface area is 111 Å². The average molecular weight is 254 g/mol. The molecule has 0 saturated heterocycles. The Morgan fingerprint density at radius 1 is 1.16 bits per heavy atom. The first kappa shape index (κ1) is 11.6. The number of nitrogens with zero attached hydrogens (tertiary/aromatic N) is 2. The van der Waals surface area contributed by atoms with Crippen molar-refractivity contribution in [1.29, 1.82) is 0 Å². The first-order valence-corrected chi connectivity index (χ1v) is 6.25. The molecule has 2 aromatic rings. The summed E-state index contributed by atoms with van der Waals surface area (Å²) in [7, 11) is 0. The van der Waals surface area contributed by atoms with Crippen molar-refractivity contribution in [2.75, 3.05) is 10.6 Å². The summed E-state index contributed by atoms with van der Waals surface area (Å²) in [6.45, 7) is 0. The SMILES string of the molecule is O=C(Nc1ccc(NC2CC2)nc1)c1ccncc1. The van der Waals surface area contributed by atoms with Gasteiger partial charge in [0, 0.05) is 24.0 Å². The Kier molecular flexibility index (Phi) is 3.10. The van der Waals surface area contributed by atoms with Crippen molar-refractivity contribution in [2.24, 2.45) is 0 Å². The maximum atomic E-state index is 11.9. The smallest absolute Gasteiger partial charge is 0.255 e. The van der Waals surface area contributed by atoms with E-state index in [1.54, 1.807) is 30.7 Å². The van der Waals surface area contributed by atoms with Crippen LogP contribution >= 0.6 is 0 Å². The molecule has 1 fully saturated rings. The highest BCUT2D eigenvalue weighted by Crippen LogP contribution is 2.23. The van der Waals surface area contributed by atoms with E-state index in [0.29, 0.717) is 17.3 Å². The van der Waals surface area contributed by atoms with Gasteiger partial charge in [0.2, 0.25) is 0 Å². The van der Waals surface area contributed by atoms with Gasteiger partial charge in [0.25, 0.3) is 5.91 Å². The van der Waals surface area contributed by atoms with Crippen LogP contribution in [0, 0.1) is 0 Å². The van der Waals surface area contributed by atoms with Crippen molar-refractivity contribution < 1.29 is 4.79 Å². The monoisotopic (exact) mass is 254 g/mol. The maximum absolute atomic E-state index is 11.9. The molecular weight excluding hydrogens is 240 g/mol. The minimum Gasteiger partial charge on any atom is -0.367 e. The number of carbonyl (C=O) groups excluding carboxylic acids is 1. The molecule has 5 heteroatoms. The molecule has 1 amide bonds. The van der Waals surface area contributed by atoms with Gasteiger partial charge in [-0.1, -0.05) is 0 Å². The lowest BCUT2D eigenvalue weighted by molar-refractivity contribution is 0.102. The molecule has 2 heterocycles. The molecule has 0 radical (unpaired) electrons. The van der Waals surface area contributed by atoms with Crippen molar-refractivity contribution in [3.05, 3.63) is 48.4 Å². The van der Waals surface area contributed by atoms with Gasteiger partial charge in [-0.25, -0.2) is 4.98 Å². The summed E-state index contributed by atoms with van der Waals surface area (Å²) in [5.74, 6) is 0.691. The highest BCUT2D eigenvalue weighted by Gasteiger charge is 2.21. The molecule has 2 aromatic heterocycles. The average Bonchev–Trinajstić information content (AvgIpc) is 3.26. The summed E-state index contributed by atoms with van der Waals surface area (Å²) in [6.07, 6.45) is 7.26. The number of hydrogen-bond donors (Lipinski definition) is 2. The van der Waals surface area contributed by atoms with Gasteiger partial charge in [0.1, 0.15) is 5.82 Å². The number of aromatic nitrogens is 2. The van der Waals surface area contributed by atoms with E-state index in [0.717, 1.165) is 5.82 Å². The Morgan fingerprint density at radius 2 is 1.95 bits per heavy atom. The largest absolute Gasteiger partial charge is 0.367 e. The molecule has 0 unspecified atom stereocenters. The molecule has 19 heavy (non-hydrogen) atoms. The second-order valence-corrected chi connectivity index (χ2v) is 4.54. The number of rotatable bonds is 4. The maximum Gasteiger partial charge on any atom is 0.255 e. The zero-order valence-corrected chi connectivity index (χ0v) is 10.3. The summed E-state index contributed by atoms with van der Waals surface area (Å²) in [5.41, 5.74) is 1.26. The molecule has 1 aliphatic rings. The van der Waals surface area contributed by atoms with Crippen LogP contribution in [0.1, 0.15) is 23.2 Å². The molecule has 1 saturated carbocycles. The Bertz CT molecular complexity index is 564. The van der Waals surface area contributed by atoms with Crippen molar-refractivity contribution >= 4 is 17.4 Å². The zero-order chi connectivity index (χ0) is 13.1. The van der Waals surface area contributed by atoms with Gasteiger partial charge in [-0.3, -0.25) is 9.78 Å². The number of nitrogens with one attached hydrogen (secondary N) is 2. The third-order valence-electron chi connectivity index (χ3n) is 2.89. The fourth-order valence-electron chi connectivity index (χ4n) is 1.70. The predicted molar refractivity (Wildman–Crippen MR) is 73.1 cm³/mol. The quantitative estimate of drug-likeness (QED) is 0.878. The van der Waals surface area contributed by atoms with E-state index < -0.39 is 0 Å². The molecule has 5 nitrogen and oxygen atoms in total. The number of pyridine rings is 2. The third kappa shape index (κ3) is 3.07. The van der Waals surface area contributed by atoms with E-state index in [2.05, 4.69) is 20.6 Å². The van der Waals surface area contributed by atoms with Gasteiger partial charge in [-0.15, -0.1) is 0 Å².